The van der Waals surface area contributed by atoms with E-state index in [1.165, 1.54) is 25.7 Å². The second-order valence-corrected chi connectivity index (χ2v) is 7.28. The van der Waals surface area contributed by atoms with Gasteiger partial charge in [0.25, 0.3) is 0 Å². The van der Waals surface area contributed by atoms with Crippen LogP contribution in [-0.2, 0) is 0 Å². The molecule has 1 saturated heterocycles. The van der Waals surface area contributed by atoms with Gasteiger partial charge in [-0.15, -0.1) is 0 Å². The van der Waals surface area contributed by atoms with Gasteiger partial charge in [0.15, 0.2) is 11.6 Å². The van der Waals surface area contributed by atoms with Gasteiger partial charge < -0.3 is 4.90 Å². The molecule has 4 rings (SSSR count). The highest BCUT2D eigenvalue weighted by molar-refractivity contribution is 8.00. The summed E-state index contributed by atoms with van der Waals surface area (Å²) in [4.78, 5) is 11.1. The molecule has 0 spiro atoms. The maximum Gasteiger partial charge on any atom is 0.161 e. The minimum Gasteiger partial charge on any atom is -0.350 e. The van der Waals surface area contributed by atoms with Gasteiger partial charge >= 0.3 is 0 Å². The first-order chi connectivity index (χ1) is 10.7. The summed E-state index contributed by atoms with van der Waals surface area (Å²) < 4.78 is 26.7. The van der Waals surface area contributed by atoms with E-state index in [1.807, 2.05) is 0 Å². The number of aromatic nitrogens is 2. The lowest BCUT2D eigenvalue weighted by Gasteiger charge is -2.44. The van der Waals surface area contributed by atoms with E-state index in [1.54, 1.807) is 6.20 Å². The molecular weight excluding hydrogens is 304 g/mol. The number of nitrogens with zero attached hydrogens (tertiary/aromatic N) is 3. The van der Waals surface area contributed by atoms with Crippen molar-refractivity contribution in [3.63, 3.8) is 0 Å². The van der Waals surface area contributed by atoms with Gasteiger partial charge in [-0.2, -0.15) is 11.8 Å². The predicted molar refractivity (Wildman–Crippen MR) is 85.3 cm³/mol. The summed E-state index contributed by atoms with van der Waals surface area (Å²) in [7, 11) is 0. The van der Waals surface area contributed by atoms with Gasteiger partial charge in [-0.25, -0.2) is 13.8 Å². The molecule has 6 heteroatoms. The van der Waals surface area contributed by atoms with Gasteiger partial charge in [0.2, 0.25) is 0 Å². The lowest BCUT2D eigenvalue weighted by molar-refractivity contribution is 0.420. The second-order valence-electron chi connectivity index (χ2n) is 5.94. The van der Waals surface area contributed by atoms with Gasteiger partial charge in [0.05, 0.1) is 17.2 Å². The molecule has 2 atom stereocenters. The number of halogens is 2. The Bertz CT molecular complexity index is 707. The van der Waals surface area contributed by atoms with Gasteiger partial charge in [0, 0.05) is 35.7 Å². The highest BCUT2D eigenvalue weighted by atomic mass is 32.2. The quantitative estimate of drug-likeness (QED) is 0.799. The molecule has 2 heterocycles. The molecule has 116 valence electrons. The minimum absolute atomic E-state index is 0.397. The standard InChI is InChI=1S/C16H17F2N3S/c17-10-7-12-13(8-11(10)18)20-16(9-19-12)21-5-6-22-15-4-2-1-3-14(15)21/h7-9,14-15H,1-6H2/t14-,15-/m0/s1. The lowest BCUT2D eigenvalue weighted by Crippen LogP contribution is -2.49. The van der Waals surface area contributed by atoms with Crippen LogP contribution in [-0.4, -0.2) is 33.6 Å². The van der Waals surface area contributed by atoms with Crippen molar-refractivity contribution in [1.29, 1.82) is 0 Å². The second kappa shape index (κ2) is 5.65. The van der Waals surface area contributed by atoms with Crippen LogP contribution in [0.4, 0.5) is 14.6 Å². The Balaban J connectivity index is 1.71. The number of benzene rings is 1. The Morgan fingerprint density at radius 3 is 2.73 bits per heavy atom. The maximum absolute atomic E-state index is 13.4. The van der Waals surface area contributed by atoms with E-state index in [2.05, 4.69) is 26.6 Å². The number of fused-ring (bicyclic) bond motifs is 2. The highest BCUT2D eigenvalue weighted by Crippen LogP contribution is 2.37. The van der Waals surface area contributed by atoms with E-state index >= 15 is 0 Å². The molecule has 0 amide bonds. The SMILES string of the molecule is Fc1cc2ncc(N3CCS[C@H]4CCCC[C@@H]43)nc2cc1F. The molecular formula is C16H17F2N3S. The van der Waals surface area contributed by atoms with Crippen LogP contribution in [0.1, 0.15) is 25.7 Å². The van der Waals surface area contributed by atoms with Crippen LogP contribution >= 0.6 is 11.8 Å². The molecule has 1 aliphatic heterocycles. The minimum atomic E-state index is -0.878. The van der Waals surface area contributed by atoms with E-state index in [-0.39, 0.29) is 0 Å². The third-order valence-corrected chi connectivity index (χ3v) is 5.99. The number of hydrogen-bond donors (Lipinski definition) is 0. The molecule has 0 unspecified atom stereocenters. The topological polar surface area (TPSA) is 29.0 Å². The Morgan fingerprint density at radius 1 is 1.09 bits per heavy atom. The monoisotopic (exact) mass is 321 g/mol. The number of thioether (sulfide) groups is 1. The van der Waals surface area contributed by atoms with Crippen LogP contribution in [0.2, 0.25) is 0 Å². The summed E-state index contributed by atoms with van der Waals surface area (Å²) in [6, 6.07) is 2.74. The zero-order valence-corrected chi connectivity index (χ0v) is 13.0. The molecule has 0 bridgehead atoms. The Morgan fingerprint density at radius 2 is 1.86 bits per heavy atom. The van der Waals surface area contributed by atoms with Crippen LogP contribution in [0, 0.1) is 11.6 Å². The zero-order valence-electron chi connectivity index (χ0n) is 12.1. The summed E-state index contributed by atoms with van der Waals surface area (Å²) in [6.07, 6.45) is 6.68. The van der Waals surface area contributed by atoms with Gasteiger partial charge in [-0.1, -0.05) is 12.8 Å². The average molecular weight is 321 g/mol. The molecule has 22 heavy (non-hydrogen) atoms. The number of rotatable bonds is 1. The molecule has 1 saturated carbocycles. The molecule has 2 aromatic rings. The Kier molecular flexibility index (Phi) is 3.64. The first kappa shape index (κ1) is 14.2. The zero-order chi connectivity index (χ0) is 15.1. The van der Waals surface area contributed by atoms with Crippen LogP contribution in [0.5, 0.6) is 0 Å². The third-order valence-electron chi connectivity index (χ3n) is 4.60. The largest absolute Gasteiger partial charge is 0.350 e. The smallest absolute Gasteiger partial charge is 0.161 e. The number of anilines is 1. The molecule has 2 aliphatic rings. The van der Waals surface area contributed by atoms with Crippen LogP contribution in [0.25, 0.3) is 11.0 Å². The fourth-order valence-corrected chi connectivity index (χ4v) is 4.96. The van der Waals surface area contributed by atoms with Crippen molar-refractivity contribution in [1.82, 2.24) is 9.97 Å². The average Bonchev–Trinajstić information content (AvgIpc) is 2.55. The summed E-state index contributed by atoms with van der Waals surface area (Å²) in [5.74, 6) is 0.120. The van der Waals surface area contributed by atoms with Gasteiger partial charge in [0.1, 0.15) is 5.82 Å². The predicted octanol–water partition coefficient (Wildman–Crippen LogP) is 3.77. The maximum atomic E-state index is 13.4. The fraction of sp³-hybridized carbons (Fsp3) is 0.500. The van der Waals surface area contributed by atoms with Crippen LogP contribution in [0.3, 0.4) is 0 Å². The first-order valence-electron chi connectivity index (χ1n) is 7.72. The van der Waals surface area contributed by atoms with E-state index in [4.69, 9.17) is 0 Å². The fourth-order valence-electron chi connectivity index (χ4n) is 3.52. The van der Waals surface area contributed by atoms with Crippen molar-refractivity contribution in [3.8, 4) is 0 Å². The van der Waals surface area contributed by atoms with E-state index in [9.17, 15) is 8.78 Å². The Labute approximate surface area is 132 Å². The number of hydrogen-bond acceptors (Lipinski definition) is 4. The summed E-state index contributed by atoms with van der Waals surface area (Å²) in [6.45, 7) is 0.940. The van der Waals surface area contributed by atoms with E-state index < -0.39 is 11.6 Å². The highest BCUT2D eigenvalue weighted by Gasteiger charge is 2.34. The molecule has 1 aromatic carbocycles. The first-order valence-corrected chi connectivity index (χ1v) is 8.77. The van der Waals surface area contributed by atoms with Crippen molar-refractivity contribution in [2.45, 2.75) is 37.0 Å². The summed E-state index contributed by atoms with van der Waals surface area (Å²) in [5, 5.41) is 0.657. The van der Waals surface area contributed by atoms with Crippen molar-refractivity contribution in [2.24, 2.45) is 0 Å². The van der Waals surface area contributed by atoms with Crippen molar-refractivity contribution >= 4 is 28.6 Å². The van der Waals surface area contributed by atoms with E-state index in [0.717, 1.165) is 30.2 Å². The molecule has 3 nitrogen and oxygen atoms in total. The Hall–Kier alpha value is -1.43. The van der Waals surface area contributed by atoms with Crippen molar-refractivity contribution in [3.05, 3.63) is 30.0 Å². The molecule has 1 aliphatic carbocycles. The van der Waals surface area contributed by atoms with Crippen LogP contribution < -0.4 is 4.90 Å². The normalized spacial score (nSPS) is 25.3. The lowest BCUT2D eigenvalue weighted by atomic mass is 9.93. The molecule has 1 aromatic heterocycles. The molecule has 2 fully saturated rings. The van der Waals surface area contributed by atoms with Crippen molar-refractivity contribution in [2.75, 3.05) is 17.2 Å². The summed E-state index contributed by atoms with van der Waals surface area (Å²) in [5.41, 5.74) is 0.816. The third kappa shape index (κ3) is 2.43. The summed E-state index contributed by atoms with van der Waals surface area (Å²) >= 11 is 2.05. The van der Waals surface area contributed by atoms with Crippen LogP contribution in [0.15, 0.2) is 18.3 Å². The molecule has 0 N–H and O–H groups in total. The van der Waals surface area contributed by atoms with Gasteiger partial charge in [-0.05, 0) is 12.8 Å². The van der Waals surface area contributed by atoms with Crippen molar-refractivity contribution < 1.29 is 8.78 Å². The molecule has 0 radical (unpaired) electrons. The van der Waals surface area contributed by atoms with Gasteiger partial charge in [-0.3, -0.25) is 4.98 Å². The van der Waals surface area contributed by atoms with E-state index in [0.29, 0.717) is 22.3 Å².